The minimum Gasteiger partial charge on any atom is -0.338 e. The van der Waals surface area contributed by atoms with Crippen LogP contribution in [0.15, 0.2) is 0 Å². The Bertz CT molecular complexity index is 187. The Hall–Kier alpha value is -0.730. The van der Waals surface area contributed by atoms with Crippen LogP contribution in [0.1, 0.15) is 25.7 Å². The van der Waals surface area contributed by atoms with Gasteiger partial charge >= 0.3 is 6.03 Å². The first kappa shape index (κ1) is 6.95. The van der Waals surface area contributed by atoms with E-state index in [4.69, 9.17) is 0 Å². The third-order valence-corrected chi connectivity index (χ3v) is 3.17. The molecule has 0 radical (unpaired) electrons. The SMILES string of the molecule is CN1C(=O)NCCC12CCC2. The minimum absolute atomic E-state index is 0.107. The predicted octanol–water partition coefficient (Wildman–Crippen LogP) is 0.954. The van der Waals surface area contributed by atoms with E-state index < -0.39 is 0 Å². The van der Waals surface area contributed by atoms with Crippen molar-refractivity contribution in [2.45, 2.75) is 31.2 Å². The predicted molar refractivity (Wildman–Crippen MR) is 42.4 cm³/mol. The smallest absolute Gasteiger partial charge is 0.317 e. The monoisotopic (exact) mass is 154 g/mol. The van der Waals surface area contributed by atoms with Crippen LogP contribution in [0.5, 0.6) is 0 Å². The molecule has 3 heteroatoms. The number of hydrogen-bond acceptors (Lipinski definition) is 1. The highest BCUT2D eigenvalue weighted by Crippen LogP contribution is 2.40. The van der Waals surface area contributed by atoms with E-state index in [0.717, 1.165) is 13.0 Å². The zero-order chi connectivity index (χ0) is 7.90. The third-order valence-electron chi connectivity index (χ3n) is 3.17. The summed E-state index contributed by atoms with van der Waals surface area (Å²) >= 11 is 0. The van der Waals surface area contributed by atoms with Crippen LogP contribution < -0.4 is 5.32 Å². The van der Waals surface area contributed by atoms with Crippen LogP contribution in [0, 0.1) is 0 Å². The van der Waals surface area contributed by atoms with Crippen LogP contribution in [0.4, 0.5) is 4.79 Å². The van der Waals surface area contributed by atoms with Crippen molar-refractivity contribution in [3.05, 3.63) is 0 Å². The van der Waals surface area contributed by atoms with E-state index in [1.54, 1.807) is 0 Å². The van der Waals surface area contributed by atoms with Gasteiger partial charge in [-0.3, -0.25) is 0 Å². The highest BCUT2D eigenvalue weighted by atomic mass is 16.2. The largest absolute Gasteiger partial charge is 0.338 e. The van der Waals surface area contributed by atoms with Crippen molar-refractivity contribution < 1.29 is 4.79 Å². The Morgan fingerprint density at radius 2 is 2.18 bits per heavy atom. The van der Waals surface area contributed by atoms with Crippen LogP contribution in [-0.4, -0.2) is 30.1 Å². The van der Waals surface area contributed by atoms with Gasteiger partial charge in [-0.1, -0.05) is 0 Å². The molecule has 11 heavy (non-hydrogen) atoms. The molecule has 0 aromatic rings. The quantitative estimate of drug-likeness (QED) is 0.553. The zero-order valence-corrected chi connectivity index (χ0v) is 6.89. The summed E-state index contributed by atoms with van der Waals surface area (Å²) in [6.45, 7) is 0.864. The fraction of sp³-hybridized carbons (Fsp3) is 0.875. The molecule has 1 spiro atoms. The molecule has 2 fully saturated rings. The summed E-state index contributed by atoms with van der Waals surface area (Å²) in [6.07, 6.45) is 4.83. The summed E-state index contributed by atoms with van der Waals surface area (Å²) in [7, 11) is 1.91. The summed E-state index contributed by atoms with van der Waals surface area (Å²) in [5.41, 5.74) is 0.252. The number of hydrogen-bond donors (Lipinski definition) is 1. The van der Waals surface area contributed by atoms with Crippen molar-refractivity contribution in [2.75, 3.05) is 13.6 Å². The number of amides is 2. The Balaban J connectivity index is 2.13. The van der Waals surface area contributed by atoms with E-state index in [2.05, 4.69) is 5.32 Å². The lowest BCUT2D eigenvalue weighted by Crippen LogP contribution is -2.62. The van der Waals surface area contributed by atoms with E-state index in [9.17, 15) is 4.79 Å². The molecule has 2 amide bonds. The Kier molecular flexibility index (Phi) is 1.34. The van der Waals surface area contributed by atoms with Crippen molar-refractivity contribution in [3.63, 3.8) is 0 Å². The van der Waals surface area contributed by atoms with E-state index in [0.29, 0.717) is 0 Å². The molecule has 2 rings (SSSR count). The molecular weight excluding hydrogens is 140 g/mol. The normalized spacial score (nSPS) is 28.1. The van der Waals surface area contributed by atoms with Crippen molar-refractivity contribution >= 4 is 6.03 Å². The number of rotatable bonds is 0. The second-order valence-electron chi connectivity index (χ2n) is 3.62. The van der Waals surface area contributed by atoms with E-state index in [1.807, 2.05) is 11.9 Å². The summed E-state index contributed by atoms with van der Waals surface area (Å²) < 4.78 is 0. The van der Waals surface area contributed by atoms with Crippen LogP contribution in [0.25, 0.3) is 0 Å². The maximum absolute atomic E-state index is 11.2. The molecule has 0 aromatic carbocycles. The second kappa shape index (κ2) is 2.13. The van der Waals surface area contributed by atoms with E-state index in [-0.39, 0.29) is 11.6 Å². The number of nitrogens with zero attached hydrogens (tertiary/aromatic N) is 1. The van der Waals surface area contributed by atoms with Crippen LogP contribution in [-0.2, 0) is 0 Å². The van der Waals surface area contributed by atoms with Crippen molar-refractivity contribution in [1.82, 2.24) is 10.2 Å². The standard InChI is InChI=1S/C8H14N2O/c1-10-7(11)9-6-5-8(10)3-2-4-8/h2-6H2,1H3,(H,9,11). The highest BCUT2D eigenvalue weighted by molar-refractivity contribution is 5.75. The van der Waals surface area contributed by atoms with Crippen LogP contribution >= 0.6 is 0 Å². The summed E-state index contributed by atoms with van der Waals surface area (Å²) in [5.74, 6) is 0. The molecular formula is C8H14N2O. The van der Waals surface area contributed by atoms with Gasteiger partial charge in [0.2, 0.25) is 0 Å². The van der Waals surface area contributed by atoms with Gasteiger partial charge in [-0.25, -0.2) is 4.79 Å². The Morgan fingerprint density at radius 3 is 2.64 bits per heavy atom. The van der Waals surface area contributed by atoms with Gasteiger partial charge in [-0.2, -0.15) is 0 Å². The summed E-state index contributed by atoms with van der Waals surface area (Å²) in [6, 6.07) is 0.107. The first-order valence-electron chi connectivity index (χ1n) is 4.26. The van der Waals surface area contributed by atoms with Gasteiger partial charge in [0.15, 0.2) is 0 Å². The van der Waals surface area contributed by atoms with Crippen molar-refractivity contribution in [3.8, 4) is 0 Å². The first-order valence-corrected chi connectivity index (χ1v) is 4.26. The molecule has 2 aliphatic rings. The Morgan fingerprint density at radius 1 is 1.45 bits per heavy atom. The lowest BCUT2D eigenvalue weighted by molar-refractivity contribution is 0.0411. The van der Waals surface area contributed by atoms with E-state index >= 15 is 0 Å². The molecule has 1 saturated heterocycles. The van der Waals surface area contributed by atoms with Gasteiger partial charge in [-0.05, 0) is 25.7 Å². The van der Waals surface area contributed by atoms with Crippen molar-refractivity contribution in [2.24, 2.45) is 0 Å². The highest BCUT2D eigenvalue weighted by Gasteiger charge is 2.44. The molecule has 1 aliphatic heterocycles. The average molecular weight is 154 g/mol. The van der Waals surface area contributed by atoms with Gasteiger partial charge in [0, 0.05) is 19.1 Å². The maximum atomic E-state index is 11.2. The molecule has 0 unspecified atom stereocenters. The number of urea groups is 1. The third kappa shape index (κ3) is 0.832. The lowest BCUT2D eigenvalue weighted by atomic mass is 9.72. The number of carbonyl (C=O) groups excluding carboxylic acids is 1. The number of nitrogens with one attached hydrogen (secondary N) is 1. The van der Waals surface area contributed by atoms with Gasteiger partial charge < -0.3 is 10.2 Å². The zero-order valence-electron chi connectivity index (χ0n) is 6.89. The van der Waals surface area contributed by atoms with E-state index in [1.165, 1.54) is 19.3 Å². The summed E-state index contributed by atoms with van der Waals surface area (Å²) in [5, 5.41) is 2.84. The molecule has 1 N–H and O–H groups in total. The molecule has 0 aromatic heterocycles. The second-order valence-corrected chi connectivity index (χ2v) is 3.62. The van der Waals surface area contributed by atoms with Crippen LogP contribution in [0.3, 0.4) is 0 Å². The minimum atomic E-state index is 0.107. The fourth-order valence-electron chi connectivity index (χ4n) is 2.07. The van der Waals surface area contributed by atoms with Gasteiger partial charge in [0.05, 0.1) is 0 Å². The molecule has 3 nitrogen and oxygen atoms in total. The molecule has 1 saturated carbocycles. The molecule has 1 heterocycles. The molecule has 0 bridgehead atoms. The van der Waals surface area contributed by atoms with Crippen LogP contribution in [0.2, 0.25) is 0 Å². The van der Waals surface area contributed by atoms with Crippen molar-refractivity contribution in [1.29, 1.82) is 0 Å². The number of carbonyl (C=O) groups is 1. The molecule has 62 valence electrons. The van der Waals surface area contributed by atoms with Gasteiger partial charge in [0.25, 0.3) is 0 Å². The molecule has 1 aliphatic carbocycles. The topological polar surface area (TPSA) is 32.3 Å². The molecule has 0 atom stereocenters. The average Bonchev–Trinajstić information content (AvgIpc) is 1.91. The van der Waals surface area contributed by atoms with Gasteiger partial charge in [-0.15, -0.1) is 0 Å². The Labute approximate surface area is 66.8 Å². The van der Waals surface area contributed by atoms with Gasteiger partial charge in [0.1, 0.15) is 0 Å². The summed E-state index contributed by atoms with van der Waals surface area (Å²) in [4.78, 5) is 13.1. The lowest BCUT2D eigenvalue weighted by Gasteiger charge is -2.51. The fourth-order valence-corrected chi connectivity index (χ4v) is 2.07. The first-order chi connectivity index (χ1) is 5.25. The maximum Gasteiger partial charge on any atom is 0.317 e.